The highest BCUT2D eigenvalue weighted by atomic mass is 79.9. The van der Waals surface area contributed by atoms with Crippen molar-refractivity contribution in [1.29, 1.82) is 0 Å². The Morgan fingerprint density at radius 1 is 1.26 bits per heavy atom. The van der Waals surface area contributed by atoms with Gasteiger partial charge in [0.1, 0.15) is 0 Å². The van der Waals surface area contributed by atoms with E-state index >= 15 is 0 Å². The van der Waals surface area contributed by atoms with Crippen molar-refractivity contribution in [3.8, 4) is 0 Å². The van der Waals surface area contributed by atoms with Gasteiger partial charge in [-0.2, -0.15) is 0 Å². The smallest absolute Gasteiger partial charge is 0.328 e. The van der Waals surface area contributed by atoms with Crippen LogP contribution in [0.3, 0.4) is 0 Å². The first kappa shape index (κ1) is 12.5. The zero-order valence-electron chi connectivity index (χ0n) is 10.6. The molecule has 0 aliphatic heterocycles. The monoisotopic (exact) mass is 321 g/mol. The van der Waals surface area contributed by atoms with Gasteiger partial charge in [-0.3, -0.25) is 9.13 Å². The molecule has 0 unspecified atom stereocenters. The summed E-state index contributed by atoms with van der Waals surface area (Å²) in [6.45, 7) is 1.41. The third-order valence-electron chi connectivity index (χ3n) is 3.36. The number of hydrogen-bond donors (Lipinski definition) is 1. The summed E-state index contributed by atoms with van der Waals surface area (Å²) >= 11 is 3.49. The minimum Gasteiger partial charge on any atom is -0.382 e. The fourth-order valence-corrected chi connectivity index (χ4v) is 2.57. The lowest BCUT2D eigenvalue weighted by Gasteiger charge is -2.08. The molecule has 0 atom stereocenters. The van der Waals surface area contributed by atoms with Gasteiger partial charge in [0.25, 0.3) is 0 Å². The summed E-state index contributed by atoms with van der Waals surface area (Å²) in [5.41, 5.74) is 1.16. The second kappa shape index (κ2) is 5.25. The van der Waals surface area contributed by atoms with E-state index < -0.39 is 0 Å². The molecule has 1 aromatic carbocycles. The number of rotatable bonds is 5. The highest BCUT2D eigenvalue weighted by Gasteiger charge is 2.25. The van der Waals surface area contributed by atoms with E-state index in [1.54, 1.807) is 4.57 Å². The predicted molar refractivity (Wildman–Crippen MR) is 79.6 cm³/mol. The number of benzene rings is 1. The van der Waals surface area contributed by atoms with E-state index in [1.165, 1.54) is 0 Å². The molecule has 1 aliphatic carbocycles. The molecule has 1 fully saturated rings. The van der Waals surface area contributed by atoms with Gasteiger partial charge < -0.3 is 5.32 Å². The Balaban J connectivity index is 1.61. The molecule has 19 heavy (non-hydrogen) atoms. The van der Waals surface area contributed by atoms with Crippen LogP contribution in [-0.2, 0) is 6.54 Å². The lowest BCUT2D eigenvalue weighted by Crippen LogP contribution is -2.25. The maximum absolute atomic E-state index is 12.0. The zero-order valence-corrected chi connectivity index (χ0v) is 12.1. The molecule has 5 heteroatoms. The van der Waals surface area contributed by atoms with Crippen molar-refractivity contribution < 1.29 is 0 Å². The number of halogens is 1. The van der Waals surface area contributed by atoms with Gasteiger partial charge in [0.2, 0.25) is 0 Å². The lowest BCUT2D eigenvalue weighted by molar-refractivity contribution is 0.633. The van der Waals surface area contributed by atoms with E-state index in [2.05, 4.69) is 21.2 Å². The van der Waals surface area contributed by atoms with Crippen molar-refractivity contribution in [2.75, 3.05) is 11.9 Å². The molecule has 1 heterocycles. The molecule has 1 aromatic heterocycles. The third-order valence-corrected chi connectivity index (χ3v) is 4.05. The van der Waals surface area contributed by atoms with Gasteiger partial charge in [0.15, 0.2) is 0 Å². The molecule has 0 radical (unpaired) electrons. The average Bonchev–Trinajstić information content (AvgIpc) is 3.18. The quantitative estimate of drug-likeness (QED) is 0.919. The standard InChI is InChI=1S/C14H16BrN3O/c15-12-3-1-2-4-13(12)16-7-8-17-9-10-18(14(17)19)11-5-6-11/h1-4,9-11,16H,5-8H2. The Kier molecular flexibility index (Phi) is 3.46. The molecule has 1 aliphatic rings. The van der Waals surface area contributed by atoms with Gasteiger partial charge in [0.05, 0.1) is 0 Å². The van der Waals surface area contributed by atoms with Gasteiger partial charge in [-0.05, 0) is 40.9 Å². The Morgan fingerprint density at radius 2 is 2.05 bits per heavy atom. The minimum absolute atomic E-state index is 0.108. The molecule has 1 saturated carbocycles. The number of imidazole rings is 1. The molecule has 4 nitrogen and oxygen atoms in total. The van der Waals surface area contributed by atoms with Crippen LogP contribution in [-0.4, -0.2) is 15.7 Å². The normalized spacial score (nSPS) is 14.6. The van der Waals surface area contributed by atoms with Crippen LogP contribution in [0.4, 0.5) is 5.69 Å². The summed E-state index contributed by atoms with van der Waals surface area (Å²) in [5.74, 6) is 0. The molecule has 1 N–H and O–H groups in total. The van der Waals surface area contributed by atoms with E-state index in [0.717, 1.165) is 29.5 Å². The summed E-state index contributed by atoms with van der Waals surface area (Å²) in [5, 5.41) is 3.33. The third kappa shape index (κ3) is 2.76. The summed E-state index contributed by atoms with van der Waals surface area (Å²) in [6, 6.07) is 8.43. The van der Waals surface area contributed by atoms with Gasteiger partial charge in [-0.15, -0.1) is 0 Å². The first-order chi connectivity index (χ1) is 9.25. The molecular weight excluding hydrogens is 306 g/mol. The Labute approximate surface area is 120 Å². The fourth-order valence-electron chi connectivity index (χ4n) is 2.14. The van der Waals surface area contributed by atoms with E-state index in [0.29, 0.717) is 12.6 Å². The molecule has 3 rings (SSSR count). The molecule has 0 saturated heterocycles. The van der Waals surface area contributed by atoms with E-state index in [-0.39, 0.29) is 5.69 Å². The second-order valence-corrected chi connectivity index (χ2v) is 5.67. The predicted octanol–water partition coefficient (Wildman–Crippen LogP) is 2.86. The highest BCUT2D eigenvalue weighted by molar-refractivity contribution is 9.10. The molecule has 0 amide bonds. The molecule has 0 spiro atoms. The summed E-state index contributed by atoms with van der Waals surface area (Å²) in [7, 11) is 0. The number of para-hydroxylation sites is 1. The molecule has 2 aromatic rings. The molecule has 100 valence electrons. The van der Waals surface area contributed by atoms with E-state index in [9.17, 15) is 4.79 Å². The highest BCUT2D eigenvalue weighted by Crippen LogP contribution is 2.33. The Hall–Kier alpha value is -1.49. The van der Waals surface area contributed by atoms with E-state index in [4.69, 9.17) is 0 Å². The topological polar surface area (TPSA) is 39.0 Å². The average molecular weight is 322 g/mol. The number of aromatic nitrogens is 2. The Morgan fingerprint density at radius 3 is 2.79 bits per heavy atom. The van der Waals surface area contributed by atoms with Crippen LogP contribution >= 0.6 is 15.9 Å². The van der Waals surface area contributed by atoms with Gasteiger partial charge in [-0.25, -0.2) is 4.79 Å². The SMILES string of the molecule is O=c1n(CCNc2ccccc2Br)ccn1C1CC1. The van der Waals surface area contributed by atoms with Crippen molar-refractivity contribution in [3.05, 3.63) is 51.6 Å². The van der Waals surface area contributed by atoms with Gasteiger partial charge in [-0.1, -0.05) is 12.1 Å². The van der Waals surface area contributed by atoms with Crippen molar-refractivity contribution in [2.24, 2.45) is 0 Å². The zero-order chi connectivity index (χ0) is 13.2. The van der Waals surface area contributed by atoms with Crippen LogP contribution in [0.15, 0.2) is 45.9 Å². The number of hydrogen-bond acceptors (Lipinski definition) is 2. The van der Waals surface area contributed by atoms with E-state index in [1.807, 2.05) is 41.2 Å². The van der Waals surface area contributed by atoms with Crippen LogP contribution in [0.1, 0.15) is 18.9 Å². The summed E-state index contributed by atoms with van der Waals surface area (Å²) in [4.78, 5) is 12.0. The maximum atomic E-state index is 12.0. The van der Waals surface area contributed by atoms with Crippen molar-refractivity contribution in [3.63, 3.8) is 0 Å². The van der Waals surface area contributed by atoms with Crippen LogP contribution in [0.2, 0.25) is 0 Å². The number of nitrogens with zero attached hydrogens (tertiary/aromatic N) is 2. The van der Waals surface area contributed by atoms with Crippen LogP contribution in [0.25, 0.3) is 0 Å². The maximum Gasteiger partial charge on any atom is 0.328 e. The van der Waals surface area contributed by atoms with Crippen molar-refractivity contribution >= 4 is 21.6 Å². The molecule has 0 bridgehead atoms. The first-order valence-corrected chi connectivity index (χ1v) is 7.30. The number of nitrogens with one attached hydrogen (secondary N) is 1. The largest absolute Gasteiger partial charge is 0.382 e. The minimum atomic E-state index is 0.108. The summed E-state index contributed by atoms with van der Waals surface area (Å²) in [6.07, 6.45) is 6.05. The first-order valence-electron chi connectivity index (χ1n) is 6.51. The Bertz CT molecular complexity index is 628. The van der Waals surface area contributed by atoms with Gasteiger partial charge >= 0.3 is 5.69 Å². The second-order valence-electron chi connectivity index (χ2n) is 4.82. The fraction of sp³-hybridized carbons (Fsp3) is 0.357. The van der Waals surface area contributed by atoms with Crippen LogP contribution < -0.4 is 11.0 Å². The molecular formula is C14H16BrN3O. The summed E-state index contributed by atoms with van der Waals surface area (Å²) < 4.78 is 4.65. The van der Waals surface area contributed by atoms with Crippen LogP contribution in [0, 0.1) is 0 Å². The lowest BCUT2D eigenvalue weighted by atomic mass is 10.3. The van der Waals surface area contributed by atoms with Crippen molar-refractivity contribution in [2.45, 2.75) is 25.4 Å². The van der Waals surface area contributed by atoms with Gasteiger partial charge in [0, 0.05) is 41.7 Å². The van der Waals surface area contributed by atoms with Crippen LogP contribution in [0.5, 0.6) is 0 Å². The number of anilines is 1. The van der Waals surface area contributed by atoms with Crippen molar-refractivity contribution in [1.82, 2.24) is 9.13 Å².